The number of fused-ring (bicyclic) bond motifs is 3. The highest BCUT2D eigenvalue weighted by molar-refractivity contribution is 7.17. The molecule has 4 heterocycles. The molecule has 4 rings (SSSR count). The molecule has 4 aromatic heterocycles. The van der Waals surface area contributed by atoms with E-state index in [1.807, 2.05) is 13.8 Å². The summed E-state index contributed by atoms with van der Waals surface area (Å²) in [5.41, 5.74) is 1.14. The van der Waals surface area contributed by atoms with Crippen LogP contribution in [-0.2, 0) is 11.3 Å². The molecule has 0 atom stereocenters. The van der Waals surface area contributed by atoms with Crippen LogP contribution in [0.2, 0.25) is 0 Å². The zero-order valence-electron chi connectivity index (χ0n) is 14.6. The fraction of sp³-hybridized carbons (Fsp3) is 0.222. The Labute approximate surface area is 157 Å². The van der Waals surface area contributed by atoms with E-state index in [1.165, 1.54) is 12.3 Å². The lowest BCUT2D eigenvalue weighted by Crippen LogP contribution is -2.32. The van der Waals surface area contributed by atoms with Crippen LogP contribution in [0.1, 0.15) is 25.6 Å². The number of hydrogen-bond donors (Lipinski definition) is 1. The van der Waals surface area contributed by atoms with Gasteiger partial charge >= 0.3 is 0 Å². The fourth-order valence-electron chi connectivity index (χ4n) is 2.97. The van der Waals surface area contributed by atoms with E-state index in [1.54, 1.807) is 28.8 Å². The first-order valence-corrected chi connectivity index (χ1v) is 9.17. The molecule has 0 saturated carbocycles. The van der Waals surface area contributed by atoms with Crippen LogP contribution in [0.3, 0.4) is 0 Å². The van der Waals surface area contributed by atoms with Gasteiger partial charge in [-0.2, -0.15) is 9.49 Å². The quantitative estimate of drug-likeness (QED) is 0.586. The van der Waals surface area contributed by atoms with Crippen molar-refractivity contribution >= 4 is 38.7 Å². The monoisotopic (exact) mass is 385 g/mol. The Kier molecular flexibility index (Phi) is 4.23. The van der Waals surface area contributed by atoms with E-state index < -0.39 is 5.56 Å². The molecule has 0 aliphatic carbocycles. The molecule has 0 fully saturated rings. The summed E-state index contributed by atoms with van der Waals surface area (Å²) >= 11 is 0.979. The molecule has 0 saturated heterocycles. The fourth-order valence-corrected chi connectivity index (χ4v) is 3.77. The number of aromatic nitrogens is 4. The minimum atomic E-state index is -0.399. The minimum absolute atomic E-state index is 0.0284. The molecule has 9 heteroatoms. The second kappa shape index (κ2) is 6.58. The number of anilines is 1. The van der Waals surface area contributed by atoms with Gasteiger partial charge in [0.15, 0.2) is 5.13 Å². The smallest absolute Gasteiger partial charge is 0.291 e. The number of thiophene rings is 1. The molecule has 0 aliphatic heterocycles. The van der Waals surface area contributed by atoms with Crippen LogP contribution in [0.5, 0.6) is 0 Å². The first-order chi connectivity index (χ1) is 12.9. The van der Waals surface area contributed by atoms with Crippen LogP contribution < -0.4 is 10.9 Å². The van der Waals surface area contributed by atoms with Crippen LogP contribution >= 0.6 is 11.3 Å². The Morgan fingerprint density at radius 1 is 1.33 bits per heavy atom. The second-order valence-corrected chi connectivity index (χ2v) is 7.46. The molecule has 138 valence electrons. The van der Waals surface area contributed by atoms with Crippen molar-refractivity contribution in [2.24, 2.45) is 0 Å². The van der Waals surface area contributed by atoms with Crippen molar-refractivity contribution in [1.29, 1.82) is 0 Å². The lowest BCUT2D eigenvalue weighted by atomic mass is 10.2. The first kappa shape index (κ1) is 17.3. The third kappa shape index (κ3) is 3.10. The molecule has 27 heavy (non-hydrogen) atoms. The standard InChI is InChI=1S/C18H16FN5O2S/c1-10(2)17-22-23(9-16(25)21-11-4-3-5-20-8-11)18(26)13-6-14-12(24(13)17)7-15(19)27-14/h3-8,10H,9H2,1-2H3,(H,21,25). The Morgan fingerprint density at radius 3 is 2.85 bits per heavy atom. The van der Waals surface area contributed by atoms with Gasteiger partial charge in [-0.25, -0.2) is 4.68 Å². The molecular formula is C18H16FN5O2S. The van der Waals surface area contributed by atoms with Crippen molar-refractivity contribution in [3.05, 3.63) is 58.0 Å². The number of nitrogens with zero attached hydrogens (tertiary/aromatic N) is 4. The highest BCUT2D eigenvalue weighted by atomic mass is 32.1. The summed E-state index contributed by atoms with van der Waals surface area (Å²) in [4.78, 5) is 29.1. The molecule has 4 aromatic rings. The van der Waals surface area contributed by atoms with Crippen LogP contribution in [0.25, 0.3) is 15.7 Å². The Bertz CT molecular complexity index is 1210. The molecule has 0 radical (unpaired) electrons. The van der Waals surface area contributed by atoms with Gasteiger partial charge in [0.25, 0.3) is 5.56 Å². The summed E-state index contributed by atoms with van der Waals surface area (Å²) in [5.74, 6) is 0.182. The van der Waals surface area contributed by atoms with Gasteiger partial charge in [0.2, 0.25) is 5.91 Å². The average Bonchev–Trinajstić information content (AvgIpc) is 3.14. The first-order valence-electron chi connectivity index (χ1n) is 8.35. The van der Waals surface area contributed by atoms with Gasteiger partial charge in [-0.3, -0.25) is 19.0 Å². The summed E-state index contributed by atoms with van der Waals surface area (Å²) in [7, 11) is 0. The van der Waals surface area contributed by atoms with Crippen molar-refractivity contribution < 1.29 is 9.18 Å². The number of hydrogen-bond acceptors (Lipinski definition) is 5. The van der Waals surface area contributed by atoms with Crippen molar-refractivity contribution in [3.8, 4) is 0 Å². The van der Waals surface area contributed by atoms with Crippen LogP contribution in [0, 0.1) is 5.13 Å². The van der Waals surface area contributed by atoms with Crippen LogP contribution in [0.4, 0.5) is 10.1 Å². The van der Waals surface area contributed by atoms with E-state index in [0.29, 0.717) is 27.2 Å². The normalized spacial score (nSPS) is 11.6. The van der Waals surface area contributed by atoms with Gasteiger partial charge in [-0.15, -0.1) is 11.3 Å². The zero-order chi connectivity index (χ0) is 19.1. The molecule has 0 aromatic carbocycles. The summed E-state index contributed by atoms with van der Waals surface area (Å²) < 4.78 is 17.1. The Hall–Kier alpha value is -3.07. The van der Waals surface area contributed by atoms with Gasteiger partial charge in [0.1, 0.15) is 17.9 Å². The summed E-state index contributed by atoms with van der Waals surface area (Å²) in [6.45, 7) is 3.64. The van der Waals surface area contributed by atoms with Gasteiger partial charge in [0.05, 0.1) is 22.1 Å². The lowest BCUT2D eigenvalue weighted by Gasteiger charge is -2.13. The Balaban J connectivity index is 1.78. The summed E-state index contributed by atoms with van der Waals surface area (Å²) in [5, 5.41) is 6.76. The molecule has 0 aliphatic rings. The number of rotatable bonds is 4. The van der Waals surface area contributed by atoms with E-state index in [2.05, 4.69) is 15.4 Å². The van der Waals surface area contributed by atoms with Crippen molar-refractivity contribution in [2.75, 3.05) is 5.32 Å². The van der Waals surface area contributed by atoms with Crippen molar-refractivity contribution in [1.82, 2.24) is 19.2 Å². The second-order valence-electron chi connectivity index (χ2n) is 6.43. The highest BCUT2D eigenvalue weighted by Gasteiger charge is 2.19. The SMILES string of the molecule is CC(C)c1nn(CC(=O)Nc2cccnc2)c(=O)c2cc3sc(F)cc3n12. The maximum atomic E-state index is 13.6. The summed E-state index contributed by atoms with van der Waals surface area (Å²) in [6, 6.07) is 6.46. The summed E-state index contributed by atoms with van der Waals surface area (Å²) in [6.07, 6.45) is 3.12. The third-order valence-electron chi connectivity index (χ3n) is 4.12. The van der Waals surface area contributed by atoms with Crippen molar-refractivity contribution in [2.45, 2.75) is 26.3 Å². The van der Waals surface area contributed by atoms with Crippen LogP contribution in [0.15, 0.2) is 41.5 Å². The van der Waals surface area contributed by atoms with Gasteiger partial charge in [-0.1, -0.05) is 13.8 Å². The van der Waals surface area contributed by atoms with Crippen LogP contribution in [-0.4, -0.2) is 25.1 Å². The maximum Gasteiger partial charge on any atom is 0.291 e. The van der Waals surface area contributed by atoms with E-state index >= 15 is 0 Å². The number of carbonyl (C=O) groups excluding carboxylic acids is 1. The number of nitrogens with one attached hydrogen (secondary N) is 1. The average molecular weight is 385 g/mol. The highest BCUT2D eigenvalue weighted by Crippen LogP contribution is 2.29. The topological polar surface area (TPSA) is 81.3 Å². The minimum Gasteiger partial charge on any atom is -0.323 e. The van der Waals surface area contributed by atoms with E-state index in [-0.39, 0.29) is 23.5 Å². The maximum absolute atomic E-state index is 13.6. The van der Waals surface area contributed by atoms with Gasteiger partial charge in [-0.05, 0) is 18.2 Å². The number of halogens is 1. The van der Waals surface area contributed by atoms with Gasteiger partial charge < -0.3 is 5.32 Å². The molecule has 0 unspecified atom stereocenters. The molecule has 0 bridgehead atoms. The largest absolute Gasteiger partial charge is 0.323 e. The van der Waals surface area contributed by atoms with E-state index in [9.17, 15) is 14.0 Å². The number of amides is 1. The lowest BCUT2D eigenvalue weighted by molar-refractivity contribution is -0.117. The van der Waals surface area contributed by atoms with Gasteiger partial charge in [0, 0.05) is 18.2 Å². The third-order valence-corrected chi connectivity index (χ3v) is 4.98. The predicted molar refractivity (Wildman–Crippen MR) is 102 cm³/mol. The molecule has 0 spiro atoms. The van der Waals surface area contributed by atoms with E-state index in [4.69, 9.17) is 0 Å². The molecule has 1 amide bonds. The molecule has 7 nitrogen and oxygen atoms in total. The number of carbonyl (C=O) groups is 1. The van der Waals surface area contributed by atoms with Crippen molar-refractivity contribution in [3.63, 3.8) is 0 Å². The predicted octanol–water partition coefficient (Wildman–Crippen LogP) is 3.01. The Morgan fingerprint density at radius 2 is 2.15 bits per heavy atom. The number of pyridine rings is 1. The zero-order valence-corrected chi connectivity index (χ0v) is 15.5. The molecule has 1 N–H and O–H groups in total. The molecular weight excluding hydrogens is 369 g/mol. The van der Waals surface area contributed by atoms with E-state index in [0.717, 1.165) is 16.0 Å².